The summed E-state index contributed by atoms with van der Waals surface area (Å²) in [7, 11) is -3.79. The number of anilines is 1. The predicted octanol–water partition coefficient (Wildman–Crippen LogP) is 3.53. The second kappa shape index (κ2) is 9.64. The van der Waals surface area contributed by atoms with Gasteiger partial charge in [-0.3, -0.25) is 14.3 Å². The molecule has 1 N–H and O–H groups in total. The number of sulfonamides is 1. The van der Waals surface area contributed by atoms with Crippen LogP contribution in [0.1, 0.15) is 26.3 Å². The number of aryl methyl sites for hydroxylation is 1. The van der Waals surface area contributed by atoms with Gasteiger partial charge in [-0.2, -0.15) is 0 Å². The predicted molar refractivity (Wildman–Crippen MR) is 127 cm³/mol. The van der Waals surface area contributed by atoms with E-state index >= 15 is 0 Å². The SMILES string of the molecule is Cc1ccc(NS(=O)(=O)c2ccc(C(=O)N3CCN(C(=O)c4cccc(F)c4)CC3)cc2)cc1. The van der Waals surface area contributed by atoms with Gasteiger partial charge in [0.1, 0.15) is 5.82 Å². The van der Waals surface area contributed by atoms with Gasteiger partial charge in [-0.25, -0.2) is 12.8 Å². The monoisotopic (exact) mass is 481 g/mol. The Morgan fingerprint density at radius 2 is 1.35 bits per heavy atom. The van der Waals surface area contributed by atoms with Crippen LogP contribution in [0.3, 0.4) is 0 Å². The van der Waals surface area contributed by atoms with E-state index in [4.69, 9.17) is 0 Å². The van der Waals surface area contributed by atoms with Crippen molar-refractivity contribution in [1.29, 1.82) is 0 Å². The van der Waals surface area contributed by atoms with E-state index in [-0.39, 0.29) is 22.3 Å². The number of amides is 2. The Kier molecular flexibility index (Phi) is 6.65. The van der Waals surface area contributed by atoms with Gasteiger partial charge in [0.2, 0.25) is 0 Å². The van der Waals surface area contributed by atoms with Crippen molar-refractivity contribution in [3.05, 3.63) is 95.3 Å². The Labute approximate surface area is 197 Å². The van der Waals surface area contributed by atoms with E-state index in [2.05, 4.69) is 4.72 Å². The fraction of sp³-hybridized carbons (Fsp3) is 0.200. The molecule has 0 bridgehead atoms. The number of nitrogens with zero attached hydrogens (tertiary/aromatic N) is 2. The molecular weight excluding hydrogens is 457 g/mol. The third kappa shape index (κ3) is 5.26. The Morgan fingerprint density at radius 3 is 1.91 bits per heavy atom. The zero-order valence-electron chi connectivity index (χ0n) is 18.6. The molecule has 0 unspecified atom stereocenters. The number of halogens is 1. The van der Waals surface area contributed by atoms with Crippen LogP contribution in [0, 0.1) is 12.7 Å². The van der Waals surface area contributed by atoms with Gasteiger partial charge in [0, 0.05) is 43.0 Å². The molecule has 1 aliphatic heterocycles. The Balaban J connectivity index is 1.37. The van der Waals surface area contributed by atoms with Crippen LogP contribution in [-0.2, 0) is 10.0 Å². The number of piperazine rings is 1. The number of hydrogen-bond donors (Lipinski definition) is 1. The van der Waals surface area contributed by atoms with Crippen molar-refractivity contribution in [3.63, 3.8) is 0 Å². The van der Waals surface area contributed by atoms with Crippen LogP contribution >= 0.6 is 0 Å². The lowest BCUT2D eigenvalue weighted by atomic mass is 10.1. The molecule has 0 saturated carbocycles. The lowest BCUT2D eigenvalue weighted by Crippen LogP contribution is -2.50. The highest BCUT2D eigenvalue weighted by Crippen LogP contribution is 2.19. The molecule has 1 heterocycles. The molecule has 3 aromatic rings. The van der Waals surface area contributed by atoms with E-state index in [9.17, 15) is 22.4 Å². The van der Waals surface area contributed by atoms with E-state index in [0.717, 1.165) is 5.56 Å². The summed E-state index contributed by atoms with van der Waals surface area (Å²) in [5.41, 5.74) is 2.11. The fourth-order valence-corrected chi connectivity index (χ4v) is 4.77. The molecule has 34 heavy (non-hydrogen) atoms. The van der Waals surface area contributed by atoms with Crippen LogP contribution in [0.15, 0.2) is 77.7 Å². The number of carbonyl (C=O) groups excluding carboxylic acids is 2. The molecule has 0 aliphatic carbocycles. The quantitative estimate of drug-likeness (QED) is 0.604. The first kappa shape index (κ1) is 23.4. The third-order valence-electron chi connectivity index (χ3n) is 5.64. The largest absolute Gasteiger partial charge is 0.335 e. The van der Waals surface area contributed by atoms with Crippen molar-refractivity contribution >= 4 is 27.5 Å². The van der Waals surface area contributed by atoms with Gasteiger partial charge >= 0.3 is 0 Å². The standard InChI is InChI=1S/C25H24FN3O4S/c1-18-5-9-22(10-6-18)27-34(32,33)23-11-7-19(8-12-23)24(30)28-13-15-29(16-14-28)25(31)20-3-2-4-21(26)17-20/h2-12,17,27H,13-16H2,1H3. The number of rotatable bonds is 5. The molecule has 1 aliphatic rings. The van der Waals surface area contributed by atoms with Gasteiger partial charge in [-0.05, 0) is 61.5 Å². The maximum atomic E-state index is 13.4. The second-order valence-electron chi connectivity index (χ2n) is 8.09. The van der Waals surface area contributed by atoms with Crippen LogP contribution in [0.25, 0.3) is 0 Å². The van der Waals surface area contributed by atoms with E-state index in [0.29, 0.717) is 37.4 Å². The molecule has 176 valence electrons. The molecule has 1 fully saturated rings. The van der Waals surface area contributed by atoms with E-state index in [1.54, 1.807) is 28.0 Å². The summed E-state index contributed by atoms with van der Waals surface area (Å²) in [5.74, 6) is -0.991. The summed E-state index contributed by atoms with van der Waals surface area (Å²) < 4.78 is 41.2. The summed E-state index contributed by atoms with van der Waals surface area (Å²) in [4.78, 5) is 28.7. The molecule has 2 amide bonds. The fourth-order valence-electron chi connectivity index (χ4n) is 3.71. The minimum absolute atomic E-state index is 0.0511. The number of hydrogen-bond acceptors (Lipinski definition) is 4. The van der Waals surface area contributed by atoms with Crippen LogP contribution in [0.4, 0.5) is 10.1 Å². The maximum Gasteiger partial charge on any atom is 0.261 e. The lowest BCUT2D eigenvalue weighted by Gasteiger charge is -2.35. The average molecular weight is 482 g/mol. The van der Waals surface area contributed by atoms with Gasteiger partial charge in [-0.1, -0.05) is 23.8 Å². The normalized spacial score (nSPS) is 14.1. The van der Waals surface area contributed by atoms with Crippen molar-refractivity contribution in [2.45, 2.75) is 11.8 Å². The molecule has 7 nitrogen and oxygen atoms in total. The summed E-state index contributed by atoms with van der Waals surface area (Å²) >= 11 is 0. The number of nitrogens with one attached hydrogen (secondary N) is 1. The molecule has 3 aromatic carbocycles. The maximum absolute atomic E-state index is 13.4. The van der Waals surface area contributed by atoms with Crippen LogP contribution in [0.2, 0.25) is 0 Å². The molecule has 9 heteroatoms. The first-order valence-corrected chi connectivity index (χ1v) is 12.2. The minimum atomic E-state index is -3.79. The van der Waals surface area contributed by atoms with Crippen LogP contribution in [-0.4, -0.2) is 56.2 Å². The zero-order chi connectivity index (χ0) is 24.3. The summed E-state index contributed by atoms with van der Waals surface area (Å²) in [6.07, 6.45) is 0. The highest BCUT2D eigenvalue weighted by molar-refractivity contribution is 7.92. The first-order valence-electron chi connectivity index (χ1n) is 10.8. The molecule has 1 saturated heterocycles. The average Bonchev–Trinajstić information content (AvgIpc) is 2.84. The highest BCUT2D eigenvalue weighted by Gasteiger charge is 2.26. The summed E-state index contributed by atoms with van der Waals surface area (Å²) in [5, 5.41) is 0. The van der Waals surface area contributed by atoms with Gasteiger partial charge in [0.05, 0.1) is 4.90 Å². The first-order chi connectivity index (χ1) is 16.2. The molecule has 0 spiro atoms. The van der Waals surface area contributed by atoms with Gasteiger partial charge in [0.25, 0.3) is 21.8 Å². The van der Waals surface area contributed by atoms with Crippen molar-refractivity contribution in [2.24, 2.45) is 0 Å². The van der Waals surface area contributed by atoms with E-state index in [1.165, 1.54) is 42.5 Å². The van der Waals surface area contributed by atoms with Crippen LogP contribution in [0.5, 0.6) is 0 Å². The Hall–Kier alpha value is -3.72. The smallest absolute Gasteiger partial charge is 0.261 e. The molecule has 0 aromatic heterocycles. The lowest BCUT2D eigenvalue weighted by molar-refractivity contribution is 0.0535. The van der Waals surface area contributed by atoms with Crippen LogP contribution < -0.4 is 4.72 Å². The summed E-state index contributed by atoms with van der Waals surface area (Å²) in [6.45, 7) is 3.22. The topological polar surface area (TPSA) is 86.8 Å². The van der Waals surface area contributed by atoms with E-state index < -0.39 is 15.8 Å². The van der Waals surface area contributed by atoms with Crippen molar-refractivity contribution in [3.8, 4) is 0 Å². The number of benzene rings is 3. The van der Waals surface area contributed by atoms with Gasteiger partial charge < -0.3 is 9.80 Å². The number of carbonyl (C=O) groups is 2. The highest BCUT2D eigenvalue weighted by atomic mass is 32.2. The van der Waals surface area contributed by atoms with E-state index in [1.807, 2.05) is 19.1 Å². The van der Waals surface area contributed by atoms with Gasteiger partial charge in [0.15, 0.2) is 0 Å². The van der Waals surface area contributed by atoms with Crippen molar-refractivity contribution < 1.29 is 22.4 Å². The molecular formula is C25H24FN3O4S. The zero-order valence-corrected chi connectivity index (χ0v) is 19.4. The molecule has 0 radical (unpaired) electrons. The molecule has 4 rings (SSSR count). The van der Waals surface area contributed by atoms with Crippen molar-refractivity contribution in [1.82, 2.24) is 9.80 Å². The summed E-state index contributed by atoms with van der Waals surface area (Å²) in [6, 6.07) is 18.3. The van der Waals surface area contributed by atoms with Gasteiger partial charge in [-0.15, -0.1) is 0 Å². The minimum Gasteiger partial charge on any atom is -0.335 e. The third-order valence-corrected chi connectivity index (χ3v) is 7.04. The molecule has 0 atom stereocenters. The Bertz CT molecular complexity index is 1300. The second-order valence-corrected chi connectivity index (χ2v) is 9.77. The Morgan fingerprint density at radius 1 is 0.794 bits per heavy atom. The van der Waals surface area contributed by atoms with Crippen molar-refractivity contribution in [2.75, 3.05) is 30.9 Å².